The van der Waals surface area contributed by atoms with Crippen LogP contribution in [-0.2, 0) is 13.5 Å². The fourth-order valence-corrected chi connectivity index (χ4v) is 2.49. The van der Waals surface area contributed by atoms with Gasteiger partial charge < -0.3 is 4.57 Å². The van der Waals surface area contributed by atoms with E-state index < -0.39 is 0 Å². The fourth-order valence-electron chi connectivity index (χ4n) is 2.49. The molecule has 1 heterocycles. The molecule has 1 aliphatic carbocycles. The van der Waals surface area contributed by atoms with Crippen LogP contribution in [0.4, 0.5) is 0 Å². The average molecular weight is 197 g/mol. The van der Waals surface area contributed by atoms with Crippen molar-refractivity contribution in [1.82, 2.24) is 4.57 Å². The Bertz CT molecular complexity index is 558. The Kier molecular flexibility index (Phi) is 1.75. The zero-order valence-electron chi connectivity index (χ0n) is 9.25. The number of nitrogens with zero attached hydrogens (tertiary/aromatic N) is 1. The van der Waals surface area contributed by atoms with E-state index in [1.165, 1.54) is 40.4 Å². The Morgan fingerprint density at radius 3 is 2.87 bits per heavy atom. The van der Waals surface area contributed by atoms with Gasteiger partial charge in [0.2, 0.25) is 0 Å². The lowest BCUT2D eigenvalue weighted by atomic mass is 9.91. The lowest BCUT2D eigenvalue weighted by Crippen LogP contribution is -2.00. The van der Waals surface area contributed by atoms with Gasteiger partial charge in [0.05, 0.1) is 5.52 Å². The first kappa shape index (κ1) is 8.78. The molecule has 0 amide bonds. The summed E-state index contributed by atoms with van der Waals surface area (Å²) in [7, 11) is 2.13. The van der Waals surface area contributed by atoms with E-state index in [1.54, 1.807) is 0 Å². The number of rotatable bonds is 0. The molecule has 0 radical (unpaired) electrons. The fraction of sp³-hybridized carbons (Fsp3) is 0.286. The number of aryl methyl sites for hydroxylation is 2. The molecule has 2 aromatic rings. The Balaban J connectivity index is 2.42. The van der Waals surface area contributed by atoms with E-state index >= 15 is 0 Å². The van der Waals surface area contributed by atoms with Crippen LogP contribution in [0.25, 0.3) is 17.0 Å². The summed E-state index contributed by atoms with van der Waals surface area (Å²) in [4.78, 5) is 0. The SMILES string of the molecule is CC1=Cc2c(ccc3ccn(C)c23)CC1. The number of fused-ring (bicyclic) bond motifs is 3. The molecule has 0 atom stereocenters. The topological polar surface area (TPSA) is 4.93 Å². The highest BCUT2D eigenvalue weighted by Crippen LogP contribution is 2.30. The minimum absolute atomic E-state index is 1.19. The van der Waals surface area contributed by atoms with Crippen molar-refractivity contribution in [2.45, 2.75) is 19.8 Å². The molecule has 0 fully saturated rings. The largest absolute Gasteiger partial charge is 0.350 e. The minimum atomic E-state index is 1.19. The second-order valence-corrected chi connectivity index (χ2v) is 4.49. The van der Waals surface area contributed by atoms with Crippen molar-refractivity contribution in [1.29, 1.82) is 0 Å². The standard InChI is InChI=1S/C14H15N/c1-10-3-4-11-5-6-12-7-8-15(2)14(12)13(11)9-10/h5-9H,3-4H2,1-2H3. The molecule has 0 saturated heterocycles. The molecule has 1 heteroatoms. The van der Waals surface area contributed by atoms with Crippen molar-refractivity contribution in [3.63, 3.8) is 0 Å². The number of hydrogen-bond donors (Lipinski definition) is 0. The number of hydrogen-bond acceptors (Lipinski definition) is 0. The van der Waals surface area contributed by atoms with Gasteiger partial charge in [0, 0.05) is 24.2 Å². The molecular weight excluding hydrogens is 182 g/mol. The summed E-state index contributed by atoms with van der Waals surface area (Å²) in [5.41, 5.74) is 5.81. The van der Waals surface area contributed by atoms with Gasteiger partial charge in [-0.2, -0.15) is 0 Å². The van der Waals surface area contributed by atoms with E-state index in [0.29, 0.717) is 0 Å². The lowest BCUT2D eigenvalue weighted by Gasteiger charge is -2.15. The van der Waals surface area contributed by atoms with Crippen molar-refractivity contribution in [2.75, 3.05) is 0 Å². The van der Waals surface area contributed by atoms with Crippen LogP contribution in [0.3, 0.4) is 0 Å². The van der Waals surface area contributed by atoms with Gasteiger partial charge in [0.15, 0.2) is 0 Å². The monoisotopic (exact) mass is 197 g/mol. The summed E-state index contributed by atoms with van der Waals surface area (Å²) >= 11 is 0. The molecule has 0 spiro atoms. The molecule has 76 valence electrons. The quantitative estimate of drug-likeness (QED) is 0.609. The van der Waals surface area contributed by atoms with Gasteiger partial charge in [-0.15, -0.1) is 0 Å². The maximum atomic E-state index is 2.35. The molecule has 0 aliphatic heterocycles. The molecule has 3 rings (SSSR count). The average Bonchev–Trinajstić information content (AvgIpc) is 2.60. The van der Waals surface area contributed by atoms with E-state index in [0.717, 1.165) is 0 Å². The molecule has 1 nitrogen and oxygen atoms in total. The summed E-state index contributed by atoms with van der Waals surface area (Å²) in [5.74, 6) is 0. The van der Waals surface area contributed by atoms with E-state index in [9.17, 15) is 0 Å². The van der Waals surface area contributed by atoms with Crippen LogP contribution in [0.1, 0.15) is 24.5 Å². The Labute approximate surface area is 90.0 Å². The Morgan fingerprint density at radius 1 is 1.13 bits per heavy atom. The van der Waals surface area contributed by atoms with Crippen molar-refractivity contribution in [2.24, 2.45) is 7.05 Å². The van der Waals surface area contributed by atoms with E-state index in [4.69, 9.17) is 0 Å². The second-order valence-electron chi connectivity index (χ2n) is 4.49. The molecule has 0 N–H and O–H groups in total. The first-order chi connectivity index (χ1) is 7.25. The van der Waals surface area contributed by atoms with Gasteiger partial charge in [0.1, 0.15) is 0 Å². The highest BCUT2D eigenvalue weighted by molar-refractivity contribution is 5.90. The maximum absolute atomic E-state index is 2.35. The van der Waals surface area contributed by atoms with Crippen molar-refractivity contribution >= 4 is 17.0 Å². The highest BCUT2D eigenvalue weighted by atomic mass is 14.9. The van der Waals surface area contributed by atoms with Crippen molar-refractivity contribution in [3.05, 3.63) is 41.1 Å². The predicted molar refractivity (Wildman–Crippen MR) is 64.9 cm³/mol. The van der Waals surface area contributed by atoms with Gasteiger partial charge in [-0.25, -0.2) is 0 Å². The van der Waals surface area contributed by atoms with Crippen LogP contribution in [0.15, 0.2) is 30.0 Å². The summed E-state index contributed by atoms with van der Waals surface area (Å²) in [6, 6.07) is 6.71. The first-order valence-corrected chi connectivity index (χ1v) is 5.50. The predicted octanol–water partition coefficient (Wildman–Crippen LogP) is 3.53. The molecule has 1 aromatic heterocycles. The van der Waals surface area contributed by atoms with Crippen molar-refractivity contribution < 1.29 is 0 Å². The van der Waals surface area contributed by atoms with Crippen LogP contribution < -0.4 is 0 Å². The number of aromatic nitrogens is 1. The van der Waals surface area contributed by atoms with Gasteiger partial charge in [-0.3, -0.25) is 0 Å². The summed E-state index contributed by atoms with van der Waals surface area (Å²) in [6.45, 7) is 2.23. The van der Waals surface area contributed by atoms with Gasteiger partial charge in [-0.05, 0) is 31.4 Å². The van der Waals surface area contributed by atoms with Gasteiger partial charge >= 0.3 is 0 Å². The van der Waals surface area contributed by atoms with Crippen LogP contribution in [0.5, 0.6) is 0 Å². The van der Waals surface area contributed by atoms with E-state index in [-0.39, 0.29) is 0 Å². The zero-order chi connectivity index (χ0) is 10.4. The summed E-state index contributed by atoms with van der Waals surface area (Å²) < 4.78 is 2.23. The molecule has 1 aliphatic rings. The second kappa shape index (κ2) is 2.99. The summed E-state index contributed by atoms with van der Waals surface area (Å²) in [6.07, 6.45) is 6.89. The Morgan fingerprint density at radius 2 is 2.00 bits per heavy atom. The van der Waals surface area contributed by atoms with Crippen LogP contribution in [0.2, 0.25) is 0 Å². The van der Waals surface area contributed by atoms with E-state index in [1.807, 2.05) is 0 Å². The van der Waals surface area contributed by atoms with Crippen LogP contribution in [-0.4, -0.2) is 4.57 Å². The molecule has 0 saturated carbocycles. The van der Waals surface area contributed by atoms with Gasteiger partial charge in [-0.1, -0.05) is 23.8 Å². The minimum Gasteiger partial charge on any atom is -0.350 e. The third-order valence-electron chi connectivity index (χ3n) is 3.35. The molecule has 15 heavy (non-hydrogen) atoms. The van der Waals surface area contributed by atoms with Crippen LogP contribution >= 0.6 is 0 Å². The Hall–Kier alpha value is -1.50. The van der Waals surface area contributed by atoms with E-state index in [2.05, 4.69) is 49.0 Å². The number of benzene rings is 1. The highest BCUT2D eigenvalue weighted by Gasteiger charge is 2.12. The lowest BCUT2D eigenvalue weighted by molar-refractivity contribution is 0.919. The molecule has 0 unspecified atom stereocenters. The normalized spacial score (nSPS) is 15.2. The van der Waals surface area contributed by atoms with Crippen LogP contribution in [0, 0.1) is 0 Å². The first-order valence-electron chi connectivity index (χ1n) is 5.50. The third kappa shape index (κ3) is 1.23. The van der Waals surface area contributed by atoms with Gasteiger partial charge in [0.25, 0.3) is 0 Å². The molecular formula is C14H15N. The molecule has 1 aromatic carbocycles. The smallest absolute Gasteiger partial charge is 0.0554 e. The maximum Gasteiger partial charge on any atom is 0.0554 e. The third-order valence-corrected chi connectivity index (χ3v) is 3.35. The zero-order valence-corrected chi connectivity index (χ0v) is 9.25. The summed E-state index contributed by atoms with van der Waals surface area (Å²) in [5, 5.41) is 1.35. The molecule has 0 bridgehead atoms. The van der Waals surface area contributed by atoms with Crippen molar-refractivity contribution in [3.8, 4) is 0 Å². The number of allylic oxidation sites excluding steroid dienone is 1.